The molecule has 3 aromatic rings. The average Bonchev–Trinajstić information content (AvgIpc) is 3.20. The highest BCUT2D eigenvalue weighted by molar-refractivity contribution is 7.15. The Balaban J connectivity index is 1.77. The molecule has 0 radical (unpaired) electrons. The summed E-state index contributed by atoms with van der Waals surface area (Å²) < 4.78 is 2.20. The Hall–Kier alpha value is -1.79. The predicted octanol–water partition coefficient (Wildman–Crippen LogP) is 2.74. The fraction of sp³-hybridized carbons (Fsp3) is 0.267. The van der Waals surface area contributed by atoms with Crippen LogP contribution in [0.15, 0.2) is 34.5 Å². The lowest BCUT2D eigenvalue weighted by molar-refractivity contribution is 0.612. The maximum atomic E-state index is 12.4. The average molecular weight is 315 g/mol. The van der Waals surface area contributed by atoms with Crippen LogP contribution in [0.25, 0.3) is 21.7 Å². The van der Waals surface area contributed by atoms with E-state index in [0.717, 1.165) is 28.7 Å². The van der Waals surface area contributed by atoms with Gasteiger partial charge in [-0.05, 0) is 36.6 Å². The second-order valence-corrected chi connectivity index (χ2v) is 7.05. The molecule has 0 aromatic carbocycles. The molecule has 1 aliphatic rings. The van der Waals surface area contributed by atoms with Gasteiger partial charge < -0.3 is 0 Å². The number of aromatic nitrogens is 3. The lowest BCUT2D eigenvalue weighted by Gasteiger charge is -2.11. The summed E-state index contributed by atoms with van der Waals surface area (Å²) in [6.07, 6.45) is 9.73. The molecule has 0 fully saturated rings. The van der Waals surface area contributed by atoms with Crippen LogP contribution in [0.1, 0.15) is 19.3 Å². The standard InChI is InChI=1S/C15H13N3OS2/c19-14-12(9-10-5-2-1-3-6-10)21-15-16-13(17-18(14)15)11-7-4-8-20-11/h1-2,4,7-10H,3,5-6H2. The molecule has 0 saturated heterocycles. The van der Waals surface area contributed by atoms with E-state index in [0.29, 0.717) is 16.7 Å². The van der Waals surface area contributed by atoms with Gasteiger partial charge in [-0.2, -0.15) is 9.50 Å². The second-order valence-electron chi connectivity index (χ2n) is 5.09. The van der Waals surface area contributed by atoms with Crippen molar-refractivity contribution in [3.8, 4) is 10.7 Å². The van der Waals surface area contributed by atoms with Crippen molar-refractivity contribution >= 4 is 33.7 Å². The molecule has 0 saturated carbocycles. The summed E-state index contributed by atoms with van der Waals surface area (Å²) in [5.74, 6) is 1.10. The van der Waals surface area contributed by atoms with Gasteiger partial charge in [-0.1, -0.05) is 35.6 Å². The van der Waals surface area contributed by atoms with E-state index in [4.69, 9.17) is 0 Å². The van der Waals surface area contributed by atoms with Gasteiger partial charge in [0, 0.05) is 0 Å². The third kappa shape index (κ3) is 2.34. The van der Waals surface area contributed by atoms with Crippen molar-refractivity contribution in [1.29, 1.82) is 0 Å². The third-order valence-electron chi connectivity index (χ3n) is 3.62. The largest absolute Gasteiger partial charge is 0.290 e. The fourth-order valence-corrected chi connectivity index (χ4v) is 4.17. The molecule has 21 heavy (non-hydrogen) atoms. The Kier molecular flexibility index (Phi) is 3.20. The van der Waals surface area contributed by atoms with E-state index in [1.54, 1.807) is 11.3 Å². The van der Waals surface area contributed by atoms with Crippen LogP contribution in [0.2, 0.25) is 0 Å². The number of allylic oxidation sites excluding steroid dienone is 2. The van der Waals surface area contributed by atoms with Crippen molar-refractivity contribution in [3.05, 3.63) is 44.6 Å². The van der Waals surface area contributed by atoms with Gasteiger partial charge in [-0.15, -0.1) is 16.4 Å². The molecule has 3 aromatic heterocycles. The second kappa shape index (κ2) is 5.20. The minimum atomic E-state index is -0.0418. The summed E-state index contributed by atoms with van der Waals surface area (Å²) in [6, 6.07) is 3.93. The Morgan fingerprint density at radius 1 is 1.38 bits per heavy atom. The van der Waals surface area contributed by atoms with Crippen LogP contribution in [0.5, 0.6) is 0 Å². The van der Waals surface area contributed by atoms with Crippen molar-refractivity contribution in [3.63, 3.8) is 0 Å². The molecule has 1 aliphatic carbocycles. The molecular formula is C15H13N3OS2. The smallest absolute Gasteiger partial charge is 0.266 e. The monoisotopic (exact) mass is 315 g/mol. The van der Waals surface area contributed by atoms with Gasteiger partial charge in [0.1, 0.15) is 0 Å². The molecule has 0 amide bonds. The van der Waals surface area contributed by atoms with Gasteiger partial charge in [-0.25, -0.2) is 0 Å². The third-order valence-corrected chi connectivity index (χ3v) is 5.46. The van der Waals surface area contributed by atoms with Crippen molar-refractivity contribution in [1.82, 2.24) is 14.6 Å². The van der Waals surface area contributed by atoms with Crippen molar-refractivity contribution in [2.45, 2.75) is 19.3 Å². The number of hydrogen-bond donors (Lipinski definition) is 0. The van der Waals surface area contributed by atoms with Crippen LogP contribution >= 0.6 is 22.7 Å². The molecule has 1 unspecified atom stereocenters. The highest BCUT2D eigenvalue weighted by Gasteiger charge is 2.14. The van der Waals surface area contributed by atoms with E-state index in [1.807, 2.05) is 17.5 Å². The molecule has 4 nitrogen and oxygen atoms in total. The molecule has 6 heteroatoms. The van der Waals surface area contributed by atoms with Gasteiger partial charge in [-0.3, -0.25) is 4.79 Å². The highest BCUT2D eigenvalue weighted by atomic mass is 32.1. The van der Waals surface area contributed by atoms with Crippen LogP contribution in [-0.4, -0.2) is 14.6 Å². The first-order valence-electron chi connectivity index (χ1n) is 6.91. The summed E-state index contributed by atoms with van der Waals surface area (Å²) in [5, 5.41) is 6.33. The zero-order valence-electron chi connectivity index (χ0n) is 11.2. The predicted molar refractivity (Wildman–Crippen MR) is 86.6 cm³/mol. The molecule has 0 aliphatic heterocycles. The molecule has 4 rings (SSSR count). The molecule has 106 valence electrons. The topological polar surface area (TPSA) is 47.3 Å². The van der Waals surface area contributed by atoms with Gasteiger partial charge in [0.25, 0.3) is 5.56 Å². The van der Waals surface area contributed by atoms with E-state index in [1.165, 1.54) is 15.9 Å². The molecular weight excluding hydrogens is 302 g/mol. The molecule has 1 atom stereocenters. The first-order chi connectivity index (χ1) is 10.3. The molecule has 0 bridgehead atoms. The zero-order chi connectivity index (χ0) is 14.2. The van der Waals surface area contributed by atoms with E-state index < -0.39 is 0 Å². The number of nitrogens with zero attached hydrogens (tertiary/aromatic N) is 3. The minimum absolute atomic E-state index is 0.0418. The lowest BCUT2D eigenvalue weighted by atomic mass is 9.94. The first kappa shape index (κ1) is 12.9. The Bertz CT molecular complexity index is 905. The maximum absolute atomic E-state index is 12.4. The number of rotatable bonds is 2. The lowest BCUT2D eigenvalue weighted by Crippen LogP contribution is -2.25. The number of fused-ring (bicyclic) bond motifs is 1. The van der Waals surface area contributed by atoms with E-state index in [2.05, 4.69) is 28.3 Å². The Morgan fingerprint density at radius 2 is 2.33 bits per heavy atom. The van der Waals surface area contributed by atoms with Crippen LogP contribution in [-0.2, 0) is 0 Å². The van der Waals surface area contributed by atoms with Crippen LogP contribution in [0.3, 0.4) is 0 Å². The molecule has 0 spiro atoms. The van der Waals surface area contributed by atoms with Crippen LogP contribution < -0.4 is 10.1 Å². The molecule has 0 N–H and O–H groups in total. The van der Waals surface area contributed by atoms with Gasteiger partial charge >= 0.3 is 0 Å². The maximum Gasteiger partial charge on any atom is 0.290 e. The van der Waals surface area contributed by atoms with E-state index in [9.17, 15) is 4.79 Å². The van der Waals surface area contributed by atoms with Gasteiger partial charge in [0.2, 0.25) is 4.96 Å². The van der Waals surface area contributed by atoms with Gasteiger partial charge in [0.05, 0.1) is 9.41 Å². The normalized spacial score (nSPS) is 19.6. The zero-order valence-corrected chi connectivity index (χ0v) is 12.9. The first-order valence-corrected chi connectivity index (χ1v) is 8.61. The summed E-state index contributed by atoms with van der Waals surface area (Å²) in [5.41, 5.74) is -0.0418. The Labute approximate surface area is 129 Å². The highest BCUT2D eigenvalue weighted by Crippen LogP contribution is 2.22. The Morgan fingerprint density at radius 3 is 3.05 bits per heavy atom. The number of thiazole rings is 1. The summed E-state index contributed by atoms with van der Waals surface area (Å²) >= 11 is 3.02. The van der Waals surface area contributed by atoms with E-state index >= 15 is 0 Å². The summed E-state index contributed by atoms with van der Waals surface area (Å²) in [7, 11) is 0. The van der Waals surface area contributed by atoms with Crippen LogP contribution in [0, 0.1) is 5.92 Å². The quantitative estimate of drug-likeness (QED) is 0.683. The summed E-state index contributed by atoms with van der Waals surface area (Å²) in [6.45, 7) is 0. The van der Waals surface area contributed by atoms with Crippen molar-refractivity contribution < 1.29 is 0 Å². The van der Waals surface area contributed by atoms with E-state index in [-0.39, 0.29) is 5.56 Å². The SMILES string of the molecule is O=c1c(=CC2CC=CCC2)sc2nc(-c3cccs3)nn12. The minimum Gasteiger partial charge on any atom is -0.266 e. The number of hydrogen-bond acceptors (Lipinski definition) is 5. The fourth-order valence-electron chi connectivity index (χ4n) is 2.54. The van der Waals surface area contributed by atoms with Crippen LogP contribution in [0.4, 0.5) is 0 Å². The van der Waals surface area contributed by atoms with Gasteiger partial charge in [0.15, 0.2) is 5.82 Å². The molecule has 3 heterocycles. The van der Waals surface area contributed by atoms with Crippen molar-refractivity contribution in [2.24, 2.45) is 5.92 Å². The number of thiophene rings is 1. The summed E-state index contributed by atoms with van der Waals surface area (Å²) in [4.78, 5) is 18.6. The van der Waals surface area contributed by atoms with Crippen molar-refractivity contribution in [2.75, 3.05) is 0 Å².